The number of imidazole rings is 1. The number of rotatable bonds is 9. The largest absolute Gasteiger partial charge is 0.355 e. The summed E-state index contributed by atoms with van der Waals surface area (Å²) in [6.07, 6.45) is 1.96. The van der Waals surface area contributed by atoms with E-state index < -0.39 is 17.8 Å². The molecule has 11 heteroatoms. The molecule has 0 spiro atoms. The van der Waals surface area contributed by atoms with Crippen LogP contribution in [0.4, 0.5) is 26.0 Å². The fourth-order valence-corrected chi connectivity index (χ4v) is 7.85. The molecule has 4 heterocycles. The van der Waals surface area contributed by atoms with E-state index in [0.717, 1.165) is 58.5 Å². The van der Waals surface area contributed by atoms with Crippen molar-refractivity contribution in [3.8, 4) is 11.3 Å². The molecule has 9 nitrogen and oxygen atoms in total. The summed E-state index contributed by atoms with van der Waals surface area (Å²) in [5, 5.41) is 6.20. The van der Waals surface area contributed by atoms with Gasteiger partial charge in [0.15, 0.2) is 5.82 Å². The van der Waals surface area contributed by atoms with Gasteiger partial charge in [0, 0.05) is 60.6 Å². The molecule has 2 aliphatic heterocycles. The third-order valence-electron chi connectivity index (χ3n) is 10.9. The smallest absolute Gasteiger partial charge is 0.251 e. The van der Waals surface area contributed by atoms with Crippen molar-refractivity contribution in [3.63, 3.8) is 0 Å². The molecule has 49 heavy (non-hydrogen) atoms. The minimum atomic E-state index is -2.26. The molecule has 3 aliphatic rings. The number of carbonyl (C=O) groups is 2. The number of hydrogen-bond acceptors (Lipinski definition) is 6. The van der Waals surface area contributed by atoms with Gasteiger partial charge in [-0.3, -0.25) is 14.5 Å². The summed E-state index contributed by atoms with van der Waals surface area (Å²) in [4.78, 5) is 40.4. The molecule has 258 valence electrons. The van der Waals surface area contributed by atoms with Gasteiger partial charge in [-0.05, 0) is 102 Å². The van der Waals surface area contributed by atoms with Gasteiger partial charge in [-0.15, -0.1) is 0 Å². The monoisotopic (exact) mass is 669 g/mol. The predicted octanol–water partition coefficient (Wildman–Crippen LogP) is 7.08. The van der Waals surface area contributed by atoms with Gasteiger partial charge in [0.25, 0.3) is 5.91 Å². The van der Waals surface area contributed by atoms with Gasteiger partial charge in [0.2, 0.25) is 12.3 Å². The maximum absolute atomic E-state index is 13.8. The lowest BCUT2D eigenvalue weighted by atomic mass is 9.79. The number of anilines is 3. The highest BCUT2D eigenvalue weighted by atomic mass is 19.3. The maximum atomic E-state index is 13.8. The van der Waals surface area contributed by atoms with E-state index in [1.807, 2.05) is 68.4 Å². The average molecular weight is 670 g/mol. The van der Waals surface area contributed by atoms with Crippen molar-refractivity contribution < 1.29 is 18.4 Å². The van der Waals surface area contributed by atoms with Gasteiger partial charge in [0.05, 0.1) is 23.0 Å². The molecular formula is C38H45F2N7O2. The lowest BCUT2D eigenvalue weighted by Gasteiger charge is -2.43. The second-order valence-electron chi connectivity index (χ2n) is 14.8. The third-order valence-corrected chi connectivity index (χ3v) is 10.9. The van der Waals surface area contributed by atoms with E-state index in [1.54, 1.807) is 7.05 Å². The summed E-state index contributed by atoms with van der Waals surface area (Å²) < 4.78 is 28.6. The van der Waals surface area contributed by atoms with Crippen LogP contribution in [0.5, 0.6) is 0 Å². The molecule has 0 radical (unpaired) electrons. The molecule has 4 aromatic rings. The SMILES string of the molecule is CNC(=O)c1cc(Nc2nc(-c3ccc4c(c3)N(CC3CC(N5CC[C@H](C(F)F)C5)C3)C(=O)C4(C)C)cc3ncn(C(C)C)c23)ccc1C. The number of carbonyl (C=O) groups excluding carboxylic acids is 2. The highest BCUT2D eigenvalue weighted by molar-refractivity contribution is 6.08. The normalized spacial score (nSPS) is 21.9. The number of nitrogens with one attached hydrogen (secondary N) is 2. The Kier molecular flexibility index (Phi) is 8.45. The molecule has 2 amide bonds. The highest BCUT2D eigenvalue weighted by Crippen LogP contribution is 2.46. The lowest BCUT2D eigenvalue weighted by molar-refractivity contribution is -0.122. The summed E-state index contributed by atoms with van der Waals surface area (Å²) in [7, 11) is 1.62. The van der Waals surface area contributed by atoms with Crippen molar-refractivity contribution in [1.29, 1.82) is 0 Å². The Bertz CT molecular complexity index is 1930. The van der Waals surface area contributed by atoms with Crippen molar-refractivity contribution in [2.75, 3.05) is 36.9 Å². The van der Waals surface area contributed by atoms with Crippen LogP contribution in [0, 0.1) is 18.8 Å². The summed E-state index contributed by atoms with van der Waals surface area (Å²) in [6, 6.07) is 14.3. The van der Waals surface area contributed by atoms with E-state index in [2.05, 4.69) is 40.0 Å². The number of likely N-dealkylation sites (tertiary alicyclic amines) is 1. The van der Waals surface area contributed by atoms with Gasteiger partial charge in [-0.1, -0.05) is 18.2 Å². The second kappa shape index (κ2) is 12.5. The zero-order valence-corrected chi connectivity index (χ0v) is 29.1. The fraction of sp³-hybridized carbons (Fsp3) is 0.474. The number of amides is 2. The number of aromatic nitrogens is 3. The highest BCUT2D eigenvalue weighted by Gasteiger charge is 2.47. The number of nitrogens with zero attached hydrogens (tertiary/aromatic N) is 5. The van der Waals surface area contributed by atoms with Crippen LogP contribution >= 0.6 is 0 Å². The van der Waals surface area contributed by atoms with Crippen molar-refractivity contribution in [1.82, 2.24) is 24.8 Å². The van der Waals surface area contributed by atoms with E-state index >= 15 is 0 Å². The van der Waals surface area contributed by atoms with Crippen molar-refractivity contribution >= 4 is 40.0 Å². The molecule has 2 fully saturated rings. The minimum Gasteiger partial charge on any atom is -0.355 e. The number of aryl methyl sites for hydroxylation is 1. The van der Waals surface area contributed by atoms with Gasteiger partial charge < -0.3 is 20.1 Å². The van der Waals surface area contributed by atoms with E-state index in [1.165, 1.54) is 0 Å². The van der Waals surface area contributed by atoms with Crippen LogP contribution in [0.3, 0.4) is 0 Å². The fourth-order valence-electron chi connectivity index (χ4n) is 7.85. The van der Waals surface area contributed by atoms with Gasteiger partial charge in [-0.25, -0.2) is 18.7 Å². The zero-order valence-electron chi connectivity index (χ0n) is 29.1. The number of pyridine rings is 1. The van der Waals surface area contributed by atoms with E-state index in [9.17, 15) is 18.4 Å². The van der Waals surface area contributed by atoms with Crippen LogP contribution in [-0.2, 0) is 10.2 Å². The molecule has 1 saturated heterocycles. The maximum Gasteiger partial charge on any atom is 0.251 e. The molecule has 1 saturated carbocycles. The Morgan fingerprint density at radius 2 is 1.88 bits per heavy atom. The van der Waals surface area contributed by atoms with Crippen molar-refractivity contribution in [2.24, 2.45) is 11.8 Å². The Hall–Kier alpha value is -4.38. The molecule has 0 unspecified atom stereocenters. The first kappa shape index (κ1) is 33.1. The van der Waals surface area contributed by atoms with Crippen LogP contribution < -0.4 is 15.5 Å². The first-order chi connectivity index (χ1) is 23.3. The quantitative estimate of drug-likeness (QED) is 0.198. The Morgan fingerprint density at radius 3 is 2.57 bits per heavy atom. The van der Waals surface area contributed by atoms with Crippen molar-refractivity contribution in [2.45, 2.75) is 77.8 Å². The molecule has 2 N–H and O–H groups in total. The van der Waals surface area contributed by atoms with Crippen LogP contribution in [0.15, 0.2) is 48.8 Å². The summed E-state index contributed by atoms with van der Waals surface area (Å²) in [5.41, 5.74) is 6.64. The van der Waals surface area contributed by atoms with Gasteiger partial charge in [0.1, 0.15) is 5.52 Å². The first-order valence-electron chi connectivity index (χ1n) is 17.3. The molecular weight excluding hydrogens is 624 g/mol. The number of hydrogen-bond donors (Lipinski definition) is 2. The standard InChI is InChI=1S/C38H45F2N7O2/c1-21(2)47-20-42-31-17-30(44-35(33(31)47)43-26-9-7-22(3)28(16-26)36(48)41-6)24-8-10-29-32(15-24)46(37(49)38(29,4)5)18-23-13-27(14-23)45-12-11-25(19-45)34(39)40/h7-10,15-17,20-21,23,25,27,34H,11-14,18-19H2,1-6H3,(H,41,48)(H,43,44)/t23?,25-,27?/m0/s1. The second-order valence-corrected chi connectivity index (χ2v) is 14.8. The topological polar surface area (TPSA) is 95.4 Å². The predicted molar refractivity (Wildman–Crippen MR) is 189 cm³/mol. The van der Waals surface area contributed by atoms with Gasteiger partial charge >= 0.3 is 0 Å². The Labute approximate surface area is 286 Å². The number of halogens is 2. The molecule has 1 aliphatic carbocycles. The molecule has 2 aromatic heterocycles. The molecule has 1 atom stereocenters. The third kappa shape index (κ3) is 5.85. The van der Waals surface area contributed by atoms with Crippen LogP contribution in [-0.4, -0.2) is 70.4 Å². The lowest BCUT2D eigenvalue weighted by Crippen LogP contribution is -2.48. The molecule has 2 aromatic carbocycles. The zero-order chi connectivity index (χ0) is 34.8. The molecule has 0 bridgehead atoms. The van der Waals surface area contributed by atoms with Gasteiger partial charge in [-0.2, -0.15) is 0 Å². The summed E-state index contributed by atoms with van der Waals surface area (Å²) in [6.45, 7) is 11.9. The van der Waals surface area contributed by atoms with Crippen LogP contribution in [0.25, 0.3) is 22.3 Å². The number of benzene rings is 2. The minimum absolute atomic E-state index is 0.0785. The summed E-state index contributed by atoms with van der Waals surface area (Å²) >= 11 is 0. The van der Waals surface area contributed by atoms with E-state index in [0.29, 0.717) is 48.5 Å². The number of fused-ring (bicyclic) bond motifs is 2. The average Bonchev–Trinajstić information content (AvgIpc) is 3.76. The number of alkyl halides is 2. The summed E-state index contributed by atoms with van der Waals surface area (Å²) in [5.74, 6) is 0.342. The van der Waals surface area contributed by atoms with E-state index in [4.69, 9.17) is 9.97 Å². The Balaban J connectivity index is 1.20. The van der Waals surface area contributed by atoms with Crippen LogP contribution in [0.1, 0.15) is 74.5 Å². The van der Waals surface area contributed by atoms with Crippen LogP contribution in [0.2, 0.25) is 0 Å². The van der Waals surface area contributed by atoms with E-state index in [-0.39, 0.29) is 17.9 Å². The first-order valence-corrected chi connectivity index (χ1v) is 17.3. The molecule has 7 rings (SSSR count). The Morgan fingerprint density at radius 1 is 1.10 bits per heavy atom. The van der Waals surface area contributed by atoms with Crippen molar-refractivity contribution in [3.05, 3.63) is 65.5 Å².